The Balaban J connectivity index is 2.80. The Morgan fingerprint density at radius 1 is 1.44 bits per heavy atom. The van der Waals surface area contributed by atoms with Crippen LogP contribution < -0.4 is 5.73 Å². The van der Waals surface area contributed by atoms with Crippen LogP contribution in [0.15, 0.2) is 5.03 Å². The topological polar surface area (TPSA) is 64.1 Å². The Kier molecular flexibility index (Phi) is 4.68. The molecule has 1 aromatic rings. The van der Waals surface area contributed by atoms with Crippen molar-refractivity contribution < 1.29 is 5.11 Å². The highest BCUT2D eigenvalue weighted by molar-refractivity contribution is 7.99. The van der Waals surface area contributed by atoms with Gasteiger partial charge in [0.2, 0.25) is 0 Å². The summed E-state index contributed by atoms with van der Waals surface area (Å²) in [5, 5.41) is 14.4. The number of hydrogen-bond donors (Lipinski definition) is 2. The van der Waals surface area contributed by atoms with E-state index in [0.717, 1.165) is 22.2 Å². The van der Waals surface area contributed by atoms with Gasteiger partial charge in [0.05, 0.1) is 11.4 Å². The molecule has 3 N–H and O–H groups in total. The number of nitrogen functional groups attached to an aromatic ring is 1. The summed E-state index contributed by atoms with van der Waals surface area (Å²) in [7, 11) is 1.91. The Labute approximate surface area is 101 Å². The van der Waals surface area contributed by atoms with Crippen LogP contribution in [0.4, 0.5) is 5.69 Å². The van der Waals surface area contributed by atoms with E-state index in [0.29, 0.717) is 5.92 Å². The molecule has 0 aliphatic heterocycles. The smallest absolute Gasteiger partial charge is 0.117 e. The van der Waals surface area contributed by atoms with Gasteiger partial charge in [-0.1, -0.05) is 20.8 Å². The minimum atomic E-state index is 0.210. The van der Waals surface area contributed by atoms with Gasteiger partial charge in [-0.25, -0.2) is 0 Å². The zero-order chi connectivity index (χ0) is 12.3. The predicted octanol–water partition coefficient (Wildman–Crippen LogP) is 1.85. The van der Waals surface area contributed by atoms with Crippen LogP contribution in [0.25, 0.3) is 0 Å². The molecule has 1 heterocycles. The largest absolute Gasteiger partial charge is 0.396 e. The maximum Gasteiger partial charge on any atom is 0.117 e. The molecule has 1 aromatic heterocycles. The molecular formula is C11H21N3OS. The molecule has 0 aromatic carbocycles. The Morgan fingerprint density at radius 3 is 2.50 bits per heavy atom. The minimum Gasteiger partial charge on any atom is -0.396 e. The first kappa shape index (κ1) is 13.4. The molecule has 5 heteroatoms. The molecule has 0 amide bonds. The minimum absolute atomic E-state index is 0.210. The first-order chi connectivity index (χ1) is 7.47. The summed E-state index contributed by atoms with van der Waals surface area (Å²) in [5.74, 6) is 1.48. The van der Waals surface area contributed by atoms with Gasteiger partial charge in [-0.2, -0.15) is 5.10 Å². The number of anilines is 1. The molecule has 16 heavy (non-hydrogen) atoms. The molecule has 1 unspecified atom stereocenters. The van der Waals surface area contributed by atoms with Crippen molar-refractivity contribution in [1.82, 2.24) is 9.78 Å². The van der Waals surface area contributed by atoms with E-state index in [1.54, 1.807) is 11.8 Å². The summed E-state index contributed by atoms with van der Waals surface area (Å²) < 4.78 is 1.83. The van der Waals surface area contributed by atoms with Crippen LogP contribution in [0, 0.1) is 5.92 Å². The number of rotatable bonds is 5. The lowest BCUT2D eigenvalue weighted by atomic mass is 10.1. The lowest BCUT2D eigenvalue weighted by Gasteiger charge is -2.08. The van der Waals surface area contributed by atoms with Gasteiger partial charge in [0.15, 0.2) is 0 Å². The van der Waals surface area contributed by atoms with E-state index < -0.39 is 0 Å². The van der Waals surface area contributed by atoms with Crippen molar-refractivity contribution >= 4 is 17.4 Å². The SMILES string of the molecule is CC(CO)CSc1c(N)c(C(C)C)nn1C. The number of aryl methyl sites for hydroxylation is 1. The predicted molar refractivity (Wildman–Crippen MR) is 68.7 cm³/mol. The monoisotopic (exact) mass is 243 g/mol. The average molecular weight is 243 g/mol. The zero-order valence-electron chi connectivity index (χ0n) is 10.4. The fourth-order valence-corrected chi connectivity index (χ4v) is 2.45. The molecule has 0 fully saturated rings. The summed E-state index contributed by atoms with van der Waals surface area (Å²) in [4.78, 5) is 0. The molecule has 92 valence electrons. The molecule has 0 aliphatic carbocycles. The number of aromatic nitrogens is 2. The molecule has 0 radical (unpaired) electrons. The van der Waals surface area contributed by atoms with E-state index in [1.165, 1.54) is 0 Å². The lowest BCUT2D eigenvalue weighted by Crippen LogP contribution is -2.05. The van der Waals surface area contributed by atoms with Crippen LogP contribution in [0.1, 0.15) is 32.4 Å². The van der Waals surface area contributed by atoms with E-state index in [1.807, 2.05) is 18.7 Å². The van der Waals surface area contributed by atoms with Crippen molar-refractivity contribution in [3.63, 3.8) is 0 Å². The first-order valence-electron chi connectivity index (χ1n) is 5.53. The zero-order valence-corrected chi connectivity index (χ0v) is 11.2. The summed E-state index contributed by atoms with van der Waals surface area (Å²) in [5.41, 5.74) is 7.81. The Hall–Kier alpha value is -0.680. The van der Waals surface area contributed by atoms with Gasteiger partial charge in [0.25, 0.3) is 0 Å². The van der Waals surface area contributed by atoms with Gasteiger partial charge in [-0.05, 0) is 11.8 Å². The molecule has 4 nitrogen and oxygen atoms in total. The molecular weight excluding hydrogens is 222 g/mol. The van der Waals surface area contributed by atoms with Gasteiger partial charge in [-0.15, -0.1) is 11.8 Å². The van der Waals surface area contributed by atoms with E-state index in [-0.39, 0.29) is 12.5 Å². The van der Waals surface area contributed by atoms with Gasteiger partial charge in [0, 0.05) is 19.4 Å². The third kappa shape index (κ3) is 2.92. The van der Waals surface area contributed by atoms with Gasteiger partial charge in [-0.3, -0.25) is 4.68 Å². The number of aliphatic hydroxyl groups is 1. The second kappa shape index (κ2) is 5.59. The second-order valence-electron chi connectivity index (χ2n) is 4.48. The number of thioether (sulfide) groups is 1. The molecule has 1 rings (SSSR count). The molecule has 0 saturated carbocycles. The van der Waals surface area contributed by atoms with E-state index in [9.17, 15) is 0 Å². The van der Waals surface area contributed by atoms with Crippen molar-refractivity contribution in [3.8, 4) is 0 Å². The van der Waals surface area contributed by atoms with Crippen molar-refractivity contribution in [2.75, 3.05) is 18.1 Å². The molecule has 1 atom stereocenters. The van der Waals surface area contributed by atoms with Crippen LogP contribution >= 0.6 is 11.8 Å². The van der Waals surface area contributed by atoms with Crippen molar-refractivity contribution in [3.05, 3.63) is 5.69 Å². The number of aliphatic hydroxyl groups excluding tert-OH is 1. The Bertz CT molecular complexity index is 349. The summed E-state index contributed by atoms with van der Waals surface area (Å²) in [6, 6.07) is 0. The molecule has 0 bridgehead atoms. The molecule has 0 aliphatic rings. The van der Waals surface area contributed by atoms with Gasteiger partial charge in [0.1, 0.15) is 5.03 Å². The highest BCUT2D eigenvalue weighted by Crippen LogP contribution is 2.31. The molecule has 0 spiro atoms. The van der Waals surface area contributed by atoms with Crippen molar-refractivity contribution in [2.24, 2.45) is 13.0 Å². The maximum absolute atomic E-state index is 8.98. The highest BCUT2D eigenvalue weighted by Gasteiger charge is 2.16. The summed E-state index contributed by atoms with van der Waals surface area (Å²) in [6.45, 7) is 6.40. The fourth-order valence-electron chi connectivity index (χ4n) is 1.42. The third-order valence-corrected chi connectivity index (χ3v) is 3.91. The average Bonchev–Trinajstić information content (AvgIpc) is 2.51. The van der Waals surface area contributed by atoms with Crippen molar-refractivity contribution in [2.45, 2.75) is 31.7 Å². The van der Waals surface area contributed by atoms with Crippen LogP contribution in [0.2, 0.25) is 0 Å². The third-order valence-electron chi connectivity index (χ3n) is 2.42. The molecule has 0 saturated heterocycles. The van der Waals surface area contributed by atoms with Crippen LogP contribution in [0.3, 0.4) is 0 Å². The van der Waals surface area contributed by atoms with E-state index >= 15 is 0 Å². The summed E-state index contributed by atoms with van der Waals surface area (Å²) >= 11 is 1.66. The maximum atomic E-state index is 8.98. The first-order valence-corrected chi connectivity index (χ1v) is 6.51. The van der Waals surface area contributed by atoms with E-state index in [4.69, 9.17) is 10.8 Å². The second-order valence-corrected chi connectivity index (χ2v) is 5.49. The number of hydrogen-bond acceptors (Lipinski definition) is 4. The van der Waals surface area contributed by atoms with Gasteiger partial charge >= 0.3 is 0 Å². The van der Waals surface area contributed by atoms with Crippen LogP contribution in [-0.4, -0.2) is 27.2 Å². The number of nitrogens with two attached hydrogens (primary N) is 1. The quantitative estimate of drug-likeness (QED) is 0.775. The Morgan fingerprint density at radius 2 is 2.06 bits per heavy atom. The normalized spacial score (nSPS) is 13.4. The standard InChI is InChI=1S/C11H21N3OS/c1-7(2)10-9(12)11(14(4)13-10)16-6-8(3)5-15/h7-8,15H,5-6,12H2,1-4H3. The fraction of sp³-hybridized carbons (Fsp3) is 0.727. The number of nitrogens with zero attached hydrogens (tertiary/aromatic N) is 2. The van der Waals surface area contributed by atoms with Crippen LogP contribution in [0.5, 0.6) is 0 Å². The van der Waals surface area contributed by atoms with E-state index in [2.05, 4.69) is 18.9 Å². The van der Waals surface area contributed by atoms with Crippen molar-refractivity contribution in [1.29, 1.82) is 0 Å². The summed E-state index contributed by atoms with van der Waals surface area (Å²) in [6.07, 6.45) is 0. The van der Waals surface area contributed by atoms with Gasteiger partial charge < -0.3 is 10.8 Å². The highest BCUT2D eigenvalue weighted by atomic mass is 32.2. The lowest BCUT2D eigenvalue weighted by molar-refractivity contribution is 0.250. The van der Waals surface area contributed by atoms with Crippen LogP contribution in [-0.2, 0) is 7.05 Å².